The second kappa shape index (κ2) is 5.54. The first kappa shape index (κ1) is 14.5. The van der Waals surface area contributed by atoms with Gasteiger partial charge < -0.3 is 10.2 Å². The molecule has 0 aromatic carbocycles. The Balaban J connectivity index is 1.43. The maximum atomic E-state index is 12.8. The molecular weight excluding hydrogens is 276 g/mol. The highest BCUT2D eigenvalue weighted by Gasteiger charge is 2.49. The molecule has 4 bridgehead atoms. The van der Waals surface area contributed by atoms with Gasteiger partial charge in [0, 0.05) is 20.0 Å². The molecule has 4 heteroatoms. The van der Waals surface area contributed by atoms with Crippen molar-refractivity contribution in [2.75, 3.05) is 13.6 Å². The van der Waals surface area contributed by atoms with Crippen LogP contribution in [0.1, 0.15) is 51.4 Å². The third-order valence-electron chi connectivity index (χ3n) is 6.95. The summed E-state index contributed by atoms with van der Waals surface area (Å²) in [6.07, 6.45) is 9.40. The minimum Gasteiger partial charge on any atom is -0.357 e. The Morgan fingerprint density at radius 2 is 1.68 bits per heavy atom. The number of rotatable bonds is 3. The van der Waals surface area contributed by atoms with Gasteiger partial charge in [0.25, 0.3) is 0 Å². The van der Waals surface area contributed by atoms with Crippen LogP contribution in [0.15, 0.2) is 0 Å². The standard InChI is InChI=1S/C18H28N2O2/c1-19-18(22)16-3-2-4-20(16)17(21)10-15-13-6-11-5-12(8-13)9-14(15)7-11/h11-16H,2-10H2,1H3,(H,19,22). The van der Waals surface area contributed by atoms with E-state index in [4.69, 9.17) is 0 Å². The van der Waals surface area contributed by atoms with Crippen LogP contribution < -0.4 is 5.32 Å². The third-order valence-corrected chi connectivity index (χ3v) is 6.95. The van der Waals surface area contributed by atoms with Crippen LogP contribution in [0, 0.1) is 29.6 Å². The molecule has 5 rings (SSSR count). The lowest BCUT2D eigenvalue weighted by atomic mass is 9.51. The predicted molar refractivity (Wildman–Crippen MR) is 84.0 cm³/mol. The summed E-state index contributed by atoms with van der Waals surface area (Å²) in [7, 11) is 1.67. The third kappa shape index (κ3) is 2.35. The Morgan fingerprint density at radius 3 is 2.27 bits per heavy atom. The van der Waals surface area contributed by atoms with Gasteiger partial charge in [-0.05, 0) is 74.5 Å². The van der Waals surface area contributed by atoms with Crippen molar-refractivity contribution in [1.29, 1.82) is 0 Å². The molecule has 22 heavy (non-hydrogen) atoms. The first-order valence-corrected chi connectivity index (χ1v) is 9.16. The van der Waals surface area contributed by atoms with Crippen LogP contribution in [0.3, 0.4) is 0 Å². The van der Waals surface area contributed by atoms with Crippen molar-refractivity contribution in [1.82, 2.24) is 10.2 Å². The van der Waals surface area contributed by atoms with Crippen LogP contribution in [0.5, 0.6) is 0 Å². The van der Waals surface area contributed by atoms with E-state index in [-0.39, 0.29) is 17.9 Å². The van der Waals surface area contributed by atoms with E-state index >= 15 is 0 Å². The Labute approximate surface area is 133 Å². The maximum absolute atomic E-state index is 12.8. The monoisotopic (exact) mass is 304 g/mol. The molecule has 1 atom stereocenters. The largest absolute Gasteiger partial charge is 0.357 e. The molecule has 0 aromatic rings. The summed E-state index contributed by atoms with van der Waals surface area (Å²) in [5, 5.41) is 2.71. The lowest BCUT2D eigenvalue weighted by molar-refractivity contribution is -0.141. The summed E-state index contributed by atoms with van der Waals surface area (Å²) in [6.45, 7) is 0.768. The normalized spacial score (nSPS) is 42.7. The molecule has 4 saturated carbocycles. The van der Waals surface area contributed by atoms with E-state index in [9.17, 15) is 9.59 Å². The van der Waals surface area contributed by atoms with Gasteiger partial charge in [0.15, 0.2) is 0 Å². The van der Waals surface area contributed by atoms with Crippen LogP contribution in [-0.4, -0.2) is 36.3 Å². The summed E-state index contributed by atoms with van der Waals surface area (Å²) in [4.78, 5) is 26.6. The Morgan fingerprint density at radius 1 is 1.05 bits per heavy atom. The number of amides is 2. The van der Waals surface area contributed by atoms with Gasteiger partial charge in [0.1, 0.15) is 6.04 Å². The zero-order valence-electron chi connectivity index (χ0n) is 13.6. The van der Waals surface area contributed by atoms with Crippen LogP contribution in [0.4, 0.5) is 0 Å². The molecule has 5 aliphatic rings. The highest BCUT2D eigenvalue weighted by Crippen LogP contribution is 2.57. The summed E-state index contributed by atoms with van der Waals surface area (Å²) in [5.74, 6) is 4.35. The average molecular weight is 304 g/mol. The van der Waals surface area contributed by atoms with Crippen LogP contribution >= 0.6 is 0 Å². The van der Waals surface area contributed by atoms with E-state index in [0.29, 0.717) is 12.3 Å². The van der Waals surface area contributed by atoms with E-state index < -0.39 is 0 Å². The zero-order valence-corrected chi connectivity index (χ0v) is 13.6. The van der Waals surface area contributed by atoms with Crippen molar-refractivity contribution in [2.45, 2.75) is 57.4 Å². The molecule has 0 spiro atoms. The molecule has 1 aliphatic heterocycles. The van der Waals surface area contributed by atoms with Gasteiger partial charge in [0.2, 0.25) is 11.8 Å². The topological polar surface area (TPSA) is 49.4 Å². The molecule has 122 valence electrons. The molecule has 1 unspecified atom stereocenters. The summed E-state index contributed by atoms with van der Waals surface area (Å²) < 4.78 is 0. The fourth-order valence-electron chi connectivity index (χ4n) is 6.19. The highest BCUT2D eigenvalue weighted by atomic mass is 16.2. The van der Waals surface area contributed by atoms with Crippen molar-refractivity contribution in [2.24, 2.45) is 29.6 Å². The molecule has 0 aromatic heterocycles. The van der Waals surface area contributed by atoms with Crippen molar-refractivity contribution in [3.8, 4) is 0 Å². The second-order valence-electron chi connectivity index (χ2n) is 8.16. The van der Waals surface area contributed by atoms with Crippen LogP contribution in [0.2, 0.25) is 0 Å². The van der Waals surface area contributed by atoms with Gasteiger partial charge >= 0.3 is 0 Å². The molecule has 4 nitrogen and oxygen atoms in total. The van der Waals surface area contributed by atoms with Gasteiger partial charge in [-0.15, -0.1) is 0 Å². The van der Waals surface area contributed by atoms with Crippen molar-refractivity contribution >= 4 is 11.8 Å². The van der Waals surface area contributed by atoms with Crippen molar-refractivity contribution in [3.05, 3.63) is 0 Å². The zero-order chi connectivity index (χ0) is 15.3. The smallest absolute Gasteiger partial charge is 0.242 e. The minimum atomic E-state index is -0.214. The minimum absolute atomic E-state index is 0.0101. The van der Waals surface area contributed by atoms with E-state index in [2.05, 4.69) is 5.32 Å². The lowest BCUT2D eigenvalue weighted by Crippen LogP contribution is -2.49. The Bertz CT molecular complexity index is 448. The van der Waals surface area contributed by atoms with Gasteiger partial charge in [-0.3, -0.25) is 9.59 Å². The van der Waals surface area contributed by atoms with Gasteiger partial charge in [0.05, 0.1) is 0 Å². The average Bonchev–Trinajstić information content (AvgIpc) is 2.99. The predicted octanol–water partition coefficient (Wildman–Crippen LogP) is 2.19. The molecule has 5 fully saturated rings. The van der Waals surface area contributed by atoms with Gasteiger partial charge in [-0.25, -0.2) is 0 Å². The highest BCUT2D eigenvalue weighted by molar-refractivity contribution is 5.88. The molecular formula is C18H28N2O2. The van der Waals surface area contributed by atoms with E-state index in [1.165, 1.54) is 32.1 Å². The first-order chi connectivity index (χ1) is 10.7. The van der Waals surface area contributed by atoms with E-state index in [0.717, 1.165) is 43.1 Å². The van der Waals surface area contributed by atoms with Crippen molar-refractivity contribution < 1.29 is 9.59 Å². The number of carbonyl (C=O) groups is 2. The number of nitrogens with one attached hydrogen (secondary N) is 1. The quantitative estimate of drug-likeness (QED) is 0.869. The first-order valence-electron chi connectivity index (χ1n) is 9.16. The fraction of sp³-hybridized carbons (Fsp3) is 0.889. The molecule has 1 heterocycles. The van der Waals surface area contributed by atoms with E-state index in [1.54, 1.807) is 7.05 Å². The summed E-state index contributed by atoms with van der Waals surface area (Å²) in [6, 6.07) is -0.214. The Hall–Kier alpha value is -1.06. The van der Waals surface area contributed by atoms with Gasteiger partial charge in [-0.1, -0.05) is 0 Å². The SMILES string of the molecule is CNC(=O)C1CCCN1C(=O)CC1C2CC3CC(C2)CC1C3. The maximum Gasteiger partial charge on any atom is 0.242 e. The van der Waals surface area contributed by atoms with Gasteiger partial charge in [-0.2, -0.15) is 0 Å². The number of carbonyl (C=O) groups excluding carboxylic acids is 2. The number of hydrogen-bond acceptors (Lipinski definition) is 2. The lowest BCUT2D eigenvalue weighted by Gasteiger charge is -2.54. The molecule has 1 saturated heterocycles. The fourth-order valence-corrected chi connectivity index (χ4v) is 6.19. The number of likely N-dealkylation sites (tertiary alicyclic amines) is 1. The number of likely N-dealkylation sites (N-methyl/N-ethyl adjacent to an activating group) is 1. The Kier molecular flexibility index (Phi) is 3.66. The second-order valence-corrected chi connectivity index (χ2v) is 8.16. The molecule has 0 radical (unpaired) electrons. The number of hydrogen-bond donors (Lipinski definition) is 1. The number of nitrogens with zero attached hydrogens (tertiary/aromatic N) is 1. The molecule has 2 amide bonds. The molecule has 4 aliphatic carbocycles. The van der Waals surface area contributed by atoms with Crippen LogP contribution in [-0.2, 0) is 9.59 Å². The van der Waals surface area contributed by atoms with Crippen molar-refractivity contribution in [3.63, 3.8) is 0 Å². The summed E-state index contributed by atoms with van der Waals surface area (Å²) >= 11 is 0. The summed E-state index contributed by atoms with van der Waals surface area (Å²) in [5.41, 5.74) is 0. The van der Waals surface area contributed by atoms with Crippen LogP contribution in [0.25, 0.3) is 0 Å². The van der Waals surface area contributed by atoms with E-state index in [1.807, 2.05) is 4.90 Å². The molecule has 1 N–H and O–H groups in total.